The average molecular weight is 328 g/mol. The molecule has 1 N–H and O–H groups in total. The Morgan fingerprint density at radius 3 is 2.67 bits per heavy atom. The van der Waals surface area contributed by atoms with Gasteiger partial charge in [0.25, 0.3) is 0 Å². The fourth-order valence-electron chi connectivity index (χ4n) is 2.49. The smallest absolute Gasteiger partial charge is 0.243 e. The zero-order valence-electron chi connectivity index (χ0n) is 14.0. The fraction of sp³-hybridized carbons (Fsp3) is 0.389. The van der Waals surface area contributed by atoms with Crippen molar-refractivity contribution in [3.63, 3.8) is 0 Å². The summed E-state index contributed by atoms with van der Waals surface area (Å²) in [4.78, 5) is 32.1. The van der Waals surface area contributed by atoms with E-state index in [9.17, 15) is 9.59 Å². The fourth-order valence-corrected chi connectivity index (χ4v) is 2.49. The van der Waals surface area contributed by atoms with Crippen LogP contribution in [0.25, 0.3) is 0 Å². The molecule has 0 radical (unpaired) electrons. The molecule has 0 unspecified atom stereocenters. The second-order valence-electron chi connectivity index (χ2n) is 5.48. The maximum Gasteiger partial charge on any atom is 0.243 e. The molecule has 0 aromatic carbocycles. The van der Waals surface area contributed by atoms with E-state index in [0.29, 0.717) is 26.1 Å². The van der Waals surface area contributed by atoms with E-state index in [1.54, 1.807) is 18.3 Å². The van der Waals surface area contributed by atoms with Gasteiger partial charge in [-0.25, -0.2) is 4.98 Å². The van der Waals surface area contributed by atoms with Crippen LogP contribution in [0.15, 0.2) is 48.7 Å². The minimum Gasteiger partial charge on any atom is -0.353 e. The lowest BCUT2D eigenvalue weighted by atomic mass is 10.2. The van der Waals surface area contributed by atoms with Crippen LogP contribution in [-0.2, 0) is 9.59 Å². The first-order valence-corrected chi connectivity index (χ1v) is 8.21. The number of amides is 2. The van der Waals surface area contributed by atoms with E-state index in [1.165, 1.54) is 6.08 Å². The van der Waals surface area contributed by atoms with Crippen LogP contribution in [0.4, 0.5) is 5.82 Å². The van der Waals surface area contributed by atoms with E-state index in [-0.39, 0.29) is 11.8 Å². The zero-order valence-corrected chi connectivity index (χ0v) is 14.0. The van der Waals surface area contributed by atoms with Crippen molar-refractivity contribution in [2.24, 2.45) is 0 Å². The highest BCUT2D eigenvalue weighted by molar-refractivity contribution is 5.88. The average Bonchev–Trinajstić information content (AvgIpc) is 2.63. The number of hydrogen-bond donors (Lipinski definition) is 1. The predicted molar refractivity (Wildman–Crippen MR) is 94.6 cm³/mol. The van der Waals surface area contributed by atoms with Crippen molar-refractivity contribution in [3.8, 4) is 0 Å². The van der Waals surface area contributed by atoms with Gasteiger partial charge in [-0.2, -0.15) is 0 Å². The number of aromatic nitrogens is 1. The van der Waals surface area contributed by atoms with Gasteiger partial charge in [0.1, 0.15) is 5.82 Å². The molecule has 0 bridgehead atoms. The molecule has 1 aromatic rings. The molecule has 1 saturated heterocycles. The summed E-state index contributed by atoms with van der Waals surface area (Å²) in [6.07, 6.45) is 8.86. The van der Waals surface area contributed by atoms with Gasteiger partial charge in [-0.05, 0) is 19.1 Å². The lowest BCUT2D eigenvalue weighted by Gasteiger charge is -2.35. The summed E-state index contributed by atoms with van der Waals surface area (Å²) in [5.41, 5.74) is 0. The molecule has 1 aromatic heterocycles. The van der Waals surface area contributed by atoms with Crippen molar-refractivity contribution >= 4 is 17.6 Å². The van der Waals surface area contributed by atoms with Gasteiger partial charge in [0, 0.05) is 51.4 Å². The molecule has 0 aliphatic carbocycles. The minimum absolute atomic E-state index is 0.0772. The molecule has 2 heterocycles. The quantitative estimate of drug-likeness (QED) is 0.633. The Hall–Kier alpha value is -2.63. The minimum atomic E-state index is -0.180. The van der Waals surface area contributed by atoms with E-state index in [4.69, 9.17) is 0 Å². The number of nitrogens with zero attached hydrogens (tertiary/aromatic N) is 3. The maximum absolute atomic E-state index is 12.2. The van der Waals surface area contributed by atoms with Gasteiger partial charge in [-0.1, -0.05) is 24.3 Å². The first-order chi connectivity index (χ1) is 11.7. The van der Waals surface area contributed by atoms with Crippen molar-refractivity contribution in [1.82, 2.24) is 15.2 Å². The van der Waals surface area contributed by atoms with E-state index in [0.717, 1.165) is 18.9 Å². The number of rotatable bonds is 6. The first-order valence-electron chi connectivity index (χ1n) is 8.21. The summed E-state index contributed by atoms with van der Waals surface area (Å²) < 4.78 is 0. The van der Waals surface area contributed by atoms with Crippen LogP contribution in [0.1, 0.15) is 13.3 Å². The van der Waals surface area contributed by atoms with Gasteiger partial charge < -0.3 is 15.1 Å². The lowest BCUT2D eigenvalue weighted by Crippen LogP contribution is -2.49. The molecule has 1 fully saturated rings. The van der Waals surface area contributed by atoms with Crippen molar-refractivity contribution < 1.29 is 9.59 Å². The molecule has 128 valence electrons. The number of nitrogens with one attached hydrogen (secondary N) is 1. The second-order valence-corrected chi connectivity index (χ2v) is 5.48. The summed E-state index contributed by atoms with van der Waals surface area (Å²) in [6, 6.07) is 5.84. The van der Waals surface area contributed by atoms with Crippen molar-refractivity contribution in [3.05, 3.63) is 48.7 Å². The van der Waals surface area contributed by atoms with Crippen molar-refractivity contribution in [2.75, 3.05) is 37.6 Å². The first kappa shape index (κ1) is 17.7. The molecule has 24 heavy (non-hydrogen) atoms. The van der Waals surface area contributed by atoms with E-state index in [1.807, 2.05) is 36.1 Å². The second kappa shape index (κ2) is 9.50. The van der Waals surface area contributed by atoms with Gasteiger partial charge >= 0.3 is 0 Å². The Kier molecular flexibility index (Phi) is 7.01. The van der Waals surface area contributed by atoms with Crippen molar-refractivity contribution in [1.29, 1.82) is 0 Å². The van der Waals surface area contributed by atoms with Crippen molar-refractivity contribution in [2.45, 2.75) is 13.3 Å². The number of anilines is 1. The van der Waals surface area contributed by atoms with Gasteiger partial charge in [0.15, 0.2) is 0 Å². The monoisotopic (exact) mass is 328 g/mol. The third kappa shape index (κ3) is 5.53. The summed E-state index contributed by atoms with van der Waals surface area (Å²) in [5, 5.41) is 2.72. The molecule has 6 nitrogen and oxygen atoms in total. The van der Waals surface area contributed by atoms with E-state index >= 15 is 0 Å². The number of carbonyl (C=O) groups is 2. The summed E-state index contributed by atoms with van der Waals surface area (Å²) in [5.74, 6) is 0.846. The van der Waals surface area contributed by atoms with Crippen LogP contribution in [-0.4, -0.2) is 54.4 Å². The molecule has 2 amide bonds. The highest BCUT2D eigenvalue weighted by Crippen LogP contribution is 2.12. The molecule has 0 atom stereocenters. The Bertz CT molecular complexity index is 590. The standard InChI is InChI=1S/C18H24N4O2/c1-2-3-4-8-17(23)20-11-9-18(24)22-14-12-21(13-15-22)16-7-5-6-10-19-16/h2-8,10H,9,11-15H2,1H3,(H,20,23)/b3-2+,8-4-. The van der Waals surface area contributed by atoms with Crippen LogP contribution in [0.2, 0.25) is 0 Å². The van der Waals surface area contributed by atoms with Gasteiger partial charge in [-0.15, -0.1) is 0 Å². The number of hydrogen-bond acceptors (Lipinski definition) is 4. The molecule has 6 heteroatoms. The van der Waals surface area contributed by atoms with Gasteiger partial charge in [0.2, 0.25) is 11.8 Å². The Morgan fingerprint density at radius 2 is 2.00 bits per heavy atom. The van der Waals surface area contributed by atoms with Crippen LogP contribution in [0, 0.1) is 0 Å². The molecule has 0 spiro atoms. The third-order valence-corrected chi connectivity index (χ3v) is 3.79. The molecule has 1 aliphatic heterocycles. The Morgan fingerprint density at radius 1 is 1.21 bits per heavy atom. The highest BCUT2D eigenvalue weighted by atomic mass is 16.2. The summed E-state index contributed by atoms with van der Waals surface area (Å²) >= 11 is 0. The number of piperazine rings is 1. The molecular formula is C18H24N4O2. The van der Waals surface area contributed by atoms with Gasteiger partial charge in [-0.3, -0.25) is 9.59 Å². The van der Waals surface area contributed by atoms with Gasteiger partial charge in [0.05, 0.1) is 0 Å². The Labute approximate surface area is 142 Å². The summed E-state index contributed by atoms with van der Waals surface area (Å²) in [6.45, 7) is 5.17. The molecule has 2 rings (SSSR count). The topological polar surface area (TPSA) is 65.5 Å². The number of pyridine rings is 1. The predicted octanol–water partition coefficient (Wildman–Crippen LogP) is 1.37. The van der Waals surface area contributed by atoms with Crippen LogP contribution in [0.3, 0.4) is 0 Å². The largest absolute Gasteiger partial charge is 0.353 e. The number of carbonyl (C=O) groups excluding carboxylic acids is 2. The van der Waals surface area contributed by atoms with Crippen LogP contribution in [0.5, 0.6) is 0 Å². The highest BCUT2D eigenvalue weighted by Gasteiger charge is 2.21. The molecule has 0 saturated carbocycles. The van der Waals surface area contributed by atoms with Crippen LogP contribution >= 0.6 is 0 Å². The number of allylic oxidation sites excluding steroid dienone is 3. The normalized spacial score (nSPS) is 15.2. The van der Waals surface area contributed by atoms with E-state index < -0.39 is 0 Å². The molecular weight excluding hydrogens is 304 g/mol. The SMILES string of the molecule is C/C=C/C=C\C(=O)NCCC(=O)N1CCN(c2ccccn2)CC1. The third-order valence-electron chi connectivity index (χ3n) is 3.79. The molecule has 1 aliphatic rings. The van der Waals surface area contributed by atoms with Crippen LogP contribution < -0.4 is 10.2 Å². The maximum atomic E-state index is 12.2. The summed E-state index contributed by atoms with van der Waals surface area (Å²) in [7, 11) is 0. The Balaban J connectivity index is 1.68. The van der Waals surface area contributed by atoms with E-state index in [2.05, 4.69) is 15.2 Å². The zero-order chi connectivity index (χ0) is 17.2. The lowest BCUT2D eigenvalue weighted by molar-refractivity contribution is -0.131.